The Morgan fingerprint density at radius 1 is 0.760 bits per heavy atom. The fraction of sp³-hybridized carbons (Fsp3) is 0.158. The molecule has 3 rings (SSSR count). The van der Waals surface area contributed by atoms with Gasteiger partial charge in [-0.15, -0.1) is 0 Å². The Balaban J connectivity index is 2.05. The number of Topliss-reactive ketones (excluding diaryl/α,β-unsaturated/α-hetero) is 2. The van der Waals surface area contributed by atoms with E-state index in [0.29, 0.717) is 16.0 Å². The highest BCUT2D eigenvalue weighted by molar-refractivity contribution is 7.99. The average molecular weight is 356 g/mol. The van der Waals surface area contributed by atoms with Gasteiger partial charge in [-0.3, -0.25) is 9.59 Å². The minimum atomic E-state index is -0.356. The monoisotopic (exact) mass is 356 g/mol. The van der Waals surface area contributed by atoms with Gasteiger partial charge in [0.25, 0.3) is 0 Å². The van der Waals surface area contributed by atoms with Gasteiger partial charge < -0.3 is 14.2 Å². The van der Waals surface area contributed by atoms with E-state index in [1.807, 2.05) is 30.3 Å². The number of hydrogen-bond donors (Lipinski definition) is 0. The SMILES string of the molecule is COC1=C(OC)C(=O)c2c(Sc3ccc(OC)cc3)cccc2C1=O. The van der Waals surface area contributed by atoms with E-state index in [0.717, 1.165) is 10.6 Å². The molecule has 2 aromatic carbocycles. The van der Waals surface area contributed by atoms with Crippen molar-refractivity contribution in [1.82, 2.24) is 0 Å². The lowest BCUT2D eigenvalue weighted by Crippen LogP contribution is -2.24. The summed E-state index contributed by atoms with van der Waals surface area (Å²) in [5.74, 6) is -0.0916. The van der Waals surface area contributed by atoms with Crippen molar-refractivity contribution in [3.05, 3.63) is 65.1 Å². The molecule has 5 nitrogen and oxygen atoms in total. The zero-order valence-electron chi connectivity index (χ0n) is 14.0. The van der Waals surface area contributed by atoms with E-state index in [2.05, 4.69) is 0 Å². The first-order valence-electron chi connectivity index (χ1n) is 7.47. The number of allylic oxidation sites excluding steroid dienone is 2. The Labute approximate surface area is 149 Å². The Hall–Kier alpha value is -2.73. The summed E-state index contributed by atoms with van der Waals surface area (Å²) in [6.45, 7) is 0. The maximum Gasteiger partial charge on any atom is 0.233 e. The molecule has 1 aliphatic rings. The van der Waals surface area contributed by atoms with E-state index in [1.54, 1.807) is 19.2 Å². The minimum absolute atomic E-state index is 0.0633. The number of rotatable bonds is 5. The predicted octanol–water partition coefficient (Wildman–Crippen LogP) is 3.73. The van der Waals surface area contributed by atoms with Gasteiger partial charge in [0.15, 0.2) is 0 Å². The molecule has 0 saturated carbocycles. The molecule has 0 aromatic heterocycles. The van der Waals surface area contributed by atoms with E-state index < -0.39 is 0 Å². The third kappa shape index (κ3) is 3.00. The van der Waals surface area contributed by atoms with Crippen molar-refractivity contribution in [3.63, 3.8) is 0 Å². The highest BCUT2D eigenvalue weighted by atomic mass is 32.2. The Bertz CT molecular complexity index is 868. The van der Waals surface area contributed by atoms with Crippen molar-refractivity contribution in [2.75, 3.05) is 21.3 Å². The number of ether oxygens (including phenoxy) is 3. The van der Waals surface area contributed by atoms with Gasteiger partial charge in [-0.05, 0) is 30.3 Å². The van der Waals surface area contributed by atoms with Crippen LogP contribution in [0.5, 0.6) is 5.75 Å². The second-order valence-corrected chi connectivity index (χ2v) is 6.30. The second-order valence-electron chi connectivity index (χ2n) is 5.18. The summed E-state index contributed by atoms with van der Waals surface area (Å²) < 4.78 is 15.4. The molecule has 0 saturated heterocycles. The number of ketones is 2. The van der Waals surface area contributed by atoms with E-state index in [9.17, 15) is 9.59 Å². The third-order valence-corrected chi connectivity index (χ3v) is 4.88. The van der Waals surface area contributed by atoms with Crippen molar-refractivity contribution in [2.45, 2.75) is 9.79 Å². The summed E-state index contributed by atoms with van der Waals surface area (Å²) in [5, 5.41) is 0. The molecular weight excluding hydrogens is 340 g/mol. The standard InChI is InChI=1S/C19H16O5S/c1-22-11-7-9-12(10-8-11)25-14-6-4-5-13-15(14)17(21)19(24-3)18(23-2)16(13)20/h4-10H,1-3H3. The smallest absolute Gasteiger partial charge is 0.233 e. The number of carbonyl (C=O) groups is 2. The molecule has 0 amide bonds. The maximum atomic E-state index is 12.8. The van der Waals surface area contributed by atoms with Crippen LogP contribution in [0.4, 0.5) is 0 Å². The van der Waals surface area contributed by atoms with Crippen LogP contribution in [-0.4, -0.2) is 32.9 Å². The number of fused-ring (bicyclic) bond motifs is 1. The normalized spacial score (nSPS) is 13.6. The number of benzene rings is 2. The third-order valence-electron chi connectivity index (χ3n) is 3.81. The molecule has 0 aliphatic heterocycles. The molecule has 0 heterocycles. The van der Waals surface area contributed by atoms with Gasteiger partial charge in [-0.1, -0.05) is 23.9 Å². The van der Waals surface area contributed by atoms with Crippen LogP contribution in [0.3, 0.4) is 0 Å². The molecule has 0 spiro atoms. The van der Waals surface area contributed by atoms with E-state index in [1.165, 1.54) is 26.0 Å². The second kappa shape index (κ2) is 7.03. The Morgan fingerprint density at radius 3 is 2.00 bits per heavy atom. The van der Waals surface area contributed by atoms with Crippen LogP contribution in [-0.2, 0) is 9.47 Å². The summed E-state index contributed by atoms with van der Waals surface area (Å²) in [6.07, 6.45) is 0. The summed E-state index contributed by atoms with van der Waals surface area (Å²) in [4.78, 5) is 27.0. The van der Waals surface area contributed by atoms with Gasteiger partial charge in [-0.2, -0.15) is 0 Å². The molecule has 0 fully saturated rings. The number of hydrogen-bond acceptors (Lipinski definition) is 6. The summed E-state index contributed by atoms with van der Waals surface area (Å²) >= 11 is 1.40. The molecule has 0 atom stereocenters. The van der Waals surface area contributed by atoms with Gasteiger partial charge >= 0.3 is 0 Å². The van der Waals surface area contributed by atoms with Crippen LogP contribution in [0.25, 0.3) is 0 Å². The van der Waals surface area contributed by atoms with Gasteiger partial charge in [0, 0.05) is 15.4 Å². The van der Waals surface area contributed by atoms with Gasteiger partial charge in [0.05, 0.1) is 26.9 Å². The van der Waals surface area contributed by atoms with Crippen LogP contribution >= 0.6 is 11.8 Å². The van der Waals surface area contributed by atoms with Crippen molar-refractivity contribution in [2.24, 2.45) is 0 Å². The highest BCUT2D eigenvalue weighted by Gasteiger charge is 2.36. The van der Waals surface area contributed by atoms with E-state index in [4.69, 9.17) is 14.2 Å². The predicted molar refractivity (Wildman–Crippen MR) is 93.3 cm³/mol. The van der Waals surface area contributed by atoms with E-state index >= 15 is 0 Å². The van der Waals surface area contributed by atoms with Crippen molar-refractivity contribution in [1.29, 1.82) is 0 Å². The molecule has 6 heteroatoms. The quantitative estimate of drug-likeness (QED) is 0.813. The fourth-order valence-corrected chi connectivity index (χ4v) is 3.60. The minimum Gasteiger partial charge on any atom is -0.497 e. The lowest BCUT2D eigenvalue weighted by molar-refractivity contribution is 0.0826. The summed E-state index contributed by atoms with van der Waals surface area (Å²) in [6, 6.07) is 12.7. The first kappa shape index (κ1) is 17.1. The lowest BCUT2D eigenvalue weighted by Gasteiger charge is -2.20. The largest absolute Gasteiger partial charge is 0.497 e. The van der Waals surface area contributed by atoms with Crippen molar-refractivity contribution in [3.8, 4) is 5.75 Å². The molecule has 0 N–H and O–H groups in total. The van der Waals surface area contributed by atoms with Crippen molar-refractivity contribution >= 4 is 23.3 Å². The lowest BCUT2D eigenvalue weighted by atomic mass is 9.92. The number of methoxy groups -OCH3 is 3. The van der Waals surface area contributed by atoms with E-state index in [-0.39, 0.29) is 23.1 Å². The summed E-state index contributed by atoms with van der Waals surface area (Å²) in [5.41, 5.74) is 0.659. The van der Waals surface area contributed by atoms with Crippen LogP contribution in [0, 0.1) is 0 Å². The topological polar surface area (TPSA) is 61.8 Å². The van der Waals surface area contributed by atoms with Gasteiger partial charge in [0.2, 0.25) is 23.1 Å². The van der Waals surface area contributed by atoms with Crippen LogP contribution in [0.1, 0.15) is 20.7 Å². The summed E-state index contributed by atoms with van der Waals surface area (Å²) in [7, 11) is 4.30. The first-order chi connectivity index (χ1) is 12.1. The average Bonchev–Trinajstić information content (AvgIpc) is 2.64. The van der Waals surface area contributed by atoms with Gasteiger partial charge in [0.1, 0.15) is 5.75 Å². The van der Waals surface area contributed by atoms with Gasteiger partial charge in [-0.25, -0.2) is 0 Å². The fourth-order valence-electron chi connectivity index (χ4n) is 2.62. The Kier molecular flexibility index (Phi) is 4.81. The number of carbonyl (C=O) groups excluding carboxylic acids is 2. The van der Waals surface area contributed by atoms with Crippen LogP contribution in [0.15, 0.2) is 63.8 Å². The van der Waals surface area contributed by atoms with Crippen molar-refractivity contribution < 1.29 is 23.8 Å². The first-order valence-corrected chi connectivity index (χ1v) is 8.29. The molecular formula is C19H16O5S. The molecule has 2 aromatic rings. The van der Waals surface area contributed by atoms with Crippen LogP contribution in [0.2, 0.25) is 0 Å². The molecule has 1 aliphatic carbocycles. The molecule has 0 bridgehead atoms. The Morgan fingerprint density at radius 2 is 1.40 bits per heavy atom. The highest BCUT2D eigenvalue weighted by Crippen LogP contribution is 2.37. The molecule has 0 radical (unpaired) electrons. The molecule has 0 unspecified atom stereocenters. The van der Waals surface area contributed by atoms with Crippen LogP contribution < -0.4 is 4.74 Å². The zero-order valence-corrected chi connectivity index (χ0v) is 14.8. The molecule has 128 valence electrons. The molecule has 25 heavy (non-hydrogen) atoms. The zero-order chi connectivity index (χ0) is 18.0. The maximum absolute atomic E-state index is 12.8.